The first-order valence-electron chi connectivity index (χ1n) is 24.2. The molecular weight excluding hydrogens is 907 g/mol. The molecule has 0 radical (unpaired) electrons. The van der Waals surface area contributed by atoms with Gasteiger partial charge in [0.25, 0.3) is 0 Å². The standard InChI is InChI=1S/C47H83N13O10/c1-9-28(8)38(60-40(63)30(51)15-18-48)47(70)54-31(16-19-49)41(64)56-35(23-29-13-11-10-12-14-29)45(68)55-33(21-25(2)3)43(66)53-32(17-20-50)42(65)59-37(27(6)7)46(69)57-34(22-26(4)5)44(67)58-36(24-61)39(52)62/h10-14,25-28,30-38,61H,9,15-24,48-51H2,1-8H3,(H2,52,62)(H,53,66)(H,54,70)(H,55,68)(H,56,64)(H,57,69)(H,58,67)(H,59,65)(H,60,63)/t28-,30-,31-,32-,33-,34-,35+,36-,37+,38-/m0/s1. The van der Waals surface area contributed by atoms with Crippen LogP contribution in [0.25, 0.3) is 0 Å². The van der Waals surface area contributed by atoms with Crippen molar-refractivity contribution < 1.29 is 48.3 Å². The quantitative estimate of drug-likeness (QED) is 0.0329. The van der Waals surface area contributed by atoms with Gasteiger partial charge in [-0.15, -0.1) is 0 Å². The molecule has 1 aromatic carbocycles. The maximum absolute atomic E-state index is 14.3. The smallest absolute Gasteiger partial charge is 0.243 e. The highest BCUT2D eigenvalue weighted by molar-refractivity contribution is 5.98. The van der Waals surface area contributed by atoms with Gasteiger partial charge in [0.1, 0.15) is 48.3 Å². The molecule has 23 heteroatoms. The van der Waals surface area contributed by atoms with Crippen LogP contribution in [0.4, 0.5) is 0 Å². The van der Waals surface area contributed by atoms with E-state index in [1.807, 2.05) is 20.8 Å². The summed E-state index contributed by atoms with van der Waals surface area (Å²) in [6.07, 6.45) is 0.748. The lowest BCUT2D eigenvalue weighted by molar-refractivity contribution is -0.136. The van der Waals surface area contributed by atoms with Crippen molar-refractivity contribution in [2.24, 2.45) is 52.3 Å². The van der Waals surface area contributed by atoms with Crippen LogP contribution in [0, 0.1) is 23.7 Å². The molecule has 70 heavy (non-hydrogen) atoms. The lowest BCUT2D eigenvalue weighted by atomic mass is 9.97. The number of aliphatic hydroxyl groups excluding tert-OH is 1. The predicted octanol–water partition coefficient (Wildman–Crippen LogP) is -3.25. The van der Waals surface area contributed by atoms with Crippen LogP contribution in [-0.4, -0.2) is 139 Å². The molecule has 0 aliphatic heterocycles. The summed E-state index contributed by atoms with van der Waals surface area (Å²) in [5.74, 6) is -7.98. The summed E-state index contributed by atoms with van der Waals surface area (Å²) in [5.41, 5.74) is 29.2. The van der Waals surface area contributed by atoms with E-state index in [0.717, 1.165) is 0 Å². The lowest BCUT2D eigenvalue weighted by Crippen LogP contribution is -2.61. The van der Waals surface area contributed by atoms with Gasteiger partial charge in [-0.25, -0.2) is 0 Å². The monoisotopic (exact) mass is 990 g/mol. The van der Waals surface area contributed by atoms with Gasteiger partial charge < -0.3 is 76.3 Å². The van der Waals surface area contributed by atoms with Crippen LogP contribution < -0.4 is 71.2 Å². The van der Waals surface area contributed by atoms with Gasteiger partial charge in [-0.2, -0.15) is 0 Å². The summed E-state index contributed by atoms with van der Waals surface area (Å²) in [4.78, 5) is 122. The van der Waals surface area contributed by atoms with Crippen LogP contribution in [0.5, 0.6) is 0 Å². The molecule has 0 bridgehead atoms. The van der Waals surface area contributed by atoms with Crippen LogP contribution in [0.1, 0.15) is 99.5 Å². The zero-order chi connectivity index (χ0) is 53.2. The molecule has 1 rings (SSSR count). The van der Waals surface area contributed by atoms with Crippen molar-refractivity contribution in [3.63, 3.8) is 0 Å². The van der Waals surface area contributed by atoms with Gasteiger partial charge in [0, 0.05) is 6.42 Å². The molecule has 10 atom stereocenters. The molecule has 0 spiro atoms. The first-order valence-corrected chi connectivity index (χ1v) is 24.2. The molecule has 0 aliphatic rings. The Morgan fingerprint density at radius 1 is 0.500 bits per heavy atom. The number of primary amides is 1. The highest BCUT2D eigenvalue weighted by Crippen LogP contribution is 2.13. The van der Waals surface area contributed by atoms with Crippen molar-refractivity contribution in [1.82, 2.24) is 42.5 Å². The fraction of sp³-hybridized carbons (Fsp3) is 0.681. The van der Waals surface area contributed by atoms with Crippen molar-refractivity contribution in [2.45, 2.75) is 155 Å². The van der Waals surface area contributed by atoms with E-state index in [1.54, 1.807) is 65.0 Å². The third kappa shape index (κ3) is 21.9. The van der Waals surface area contributed by atoms with E-state index in [4.69, 9.17) is 28.7 Å². The number of aliphatic hydroxyl groups is 1. The third-order valence-electron chi connectivity index (χ3n) is 11.5. The van der Waals surface area contributed by atoms with Crippen molar-refractivity contribution >= 4 is 53.2 Å². The largest absolute Gasteiger partial charge is 0.394 e. The fourth-order valence-corrected chi connectivity index (χ4v) is 7.22. The summed E-state index contributed by atoms with van der Waals surface area (Å²) in [7, 11) is 0. The zero-order valence-electron chi connectivity index (χ0n) is 42.2. The number of benzene rings is 1. The van der Waals surface area contributed by atoms with E-state index < -0.39 is 120 Å². The van der Waals surface area contributed by atoms with Crippen molar-refractivity contribution in [3.05, 3.63) is 35.9 Å². The molecule has 19 N–H and O–H groups in total. The van der Waals surface area contributed by atoms with Gasteiger partial charge in [0.05, 0.1) is 12.6 Å². The van der Waals surface area contributed by atoms with E-state index in [-0.39, 0.29) is 75.9 Å². The average molecular weight is 990 g/mol. The van der Waals surface area contributed by atoms with Crippen molar-refractivity contribution in [3.8, 4) is 0 Å². The molecule has 0 unspecified atom stereocenters. The molecule has 0 saturated carbocycles. The van der Waals surface area contributed by atoms with Gasteiger partial charge >= 0.3 is 0 Å². The van der Waals surface area contributed by atoms with Gasteiger partial charge in [-0.05, 0) is 81.0 Å². The maximum atomic E-state index is 14.3. The Balaban J connectivity index is 3.45. The van der Waals surface area contributed by atoms with E-state index >= 15 is 0 Å². The Morgan fingerprint density at radius 3 is 1.33 bits per heavy atom. The molecule has 0 saturated heterocycles. The molecule has 0 fully saturated rings. The number of hydrogen-bond donors (Lipinski definition) is 14. The second-order valence-corrected chi connectivity index (χ2v) is 18.8. The zero-order valence-corrected chi connectivity index (χ0v) is 42.2. The third-order valence-corrected chi connectivity index (χ3v) is 11.5. The summed E-state index contributed by atoms with van der Waals surface area (Å²) in [5, 5.41) is 30.6. The summed E-state index contributed by atoms with van der Waals surface area (Å²) in [6.45, 7) is 13.4. The molecule has 0 aliphatic carbocycles. The molecule has 396 valence electrons. The molecule has 0 heterocycles. The molecule has 0 aromatic heterocycles. The number of nitrogens with two attached hydrogens (primary N) is 5. The lowest BCUT2D eigenvalue weighted by Gasteiger charge is -2.30. The van der Waals surface area contributed by atoms with E-state index in [9.17, 15) is 48.3 Å². The Morgan fingerprint density at radius 2 is 0.886 bits per heavy atom. The summed E-state index contributed by atoms with van der Waals surface area (Å²) >= 11 is 0. The minimum Gasteiger partial charge on any atom is -0.394 e. The highest BCUT2D eigenvalue weighted by atomic mass is 16.3. The number of nitrogens with one attached hydrogen (secondary N) is 8. The molecule has 23 nitrogen and oxygen atoms in total. The number of rotatable bonds is 33. The van der Waals surface area contributed by atoms with Crippen LogP contribution in [-0.2, 0) is 49.6 Å². The predicted molar refractivity (Wildman–Crippen MR) is 264 cm³/mol. The van der Waals surface area contributed by atoms with E-state index in [2.05, 4.69) is 42.5 Å². The first-order chi connectivity index (χ1) is 32.9. The number of hydrogen-bond acceptors (Lipinski definition) is 14. The summed E-state index contributed by atoms with van der Waals surface area (Å²) < 4.78 is 0. The maximum Gasteiger partial charge on any atom is 0.243 e. The van der Waals surface area contributed by atoms with Crippen molar-refractivity contribution in [1.29, 1.82) is 0 Å². The number of amides is 9. The fourth-order valence-electron chi connectivity index (χ4n) is 7.22. The van der Waals surface area contributed by atoms with Crippen LogP contribution >= 0.6 is 0 Å². The van der Waals surface area contributed by atoms with Gasteiger partial charge in [-0.1, -0.05) is 92.1 Å². The molecule has 1 aromatic rings. The van der Waals surface area contributed by atoms with Crippen LogP contribution in [0.15, 0.2) is 30.3 Å². The average Bonchev–Trinajstić information content (AvgIpc) is 3.29. The Kier molecular flexibility index (Phi) is 28.6. The topological polar surface area (TPSA) is 400 Å². The minimum atomic E-state index is -1.39. The normalized spacial score (nSPS) is 15.7. The molecule has 9 amide bonds. The van der Waals surface area contributed by atoms with Gasteiger partial charge in [0.15, 0.2) is 0 Å². The second kappa shape index (κ2) is 32.2. The Labute approximate surface area is 412 Å². The molecular formula is C47H83N13O10. The number of carbonyl (C=O) groups is 9. The van der Waals surface area contributed by atoms with Crippen LogP contribution in [0.3, 0.4) is 0 Å². The SMILES string of the molecule is CC[C@H](C)[C@H](NC(=O)[C@@H](N)CCN)C(=O)N[C@@H](CCN)C(=O)N[C@H](Cc1ccccc1)C(=O)N[C@@H](CC(C)C)C(=O)N[C@@H](CCN)C(=O)N[C@@H](C(=O)N[C@@H](CC(C)C)C(=O)N[C@@H](CO)C(N)=O)C(C)C. The summed E-state index contributed by atoms with van der Waals surface area (Å²) in [6, 6.07) is -2.14. The van der Waals surface area contributed by atoms with Gasteiger partial charge in [-0.3, -0.25) is 43.2 Å². The van der Waals surface area contributed by atoms with E-state index in [0.29, 0.717) is 12.0 Å². The van der Waals surface area contributed by atoms with E-state index in [1.165, 1.54) is 0 Å². The minimum absolute atomic E-state index is 0.0353. The van der Waals surface area contributed by atoms with Crippen LogP contribution in [0.2, 0.25) is 0 Å². The Hall–Kier alpha value is -5.75. The Bertz CT molecular complexity index is 1850. The first kappa shape index (κ1) is 62.3. The highest BCUT2D eigenvalue weighted by Gasteiger charge is 2.36. The van der Waals surface area contributed by atoms with Gasteiger partial charge in [0.2, 0.25) is 53.2 Å². The van der Waals surface area contributed by atoms with Crippen molar-refractivity contribution in [2.75, 3.05) is 26.2 Å². The number of carbonyl (C=O) groups excluding carboxylic acids is 9. The second-order valence-electron chi connectivity index (χ2n) is 18.8.